The van der Waals surface area contributed by atoms with E-state index < -0.39 is 12.1 Å². The van der Waals surface area contributed by atoms with Crippen LogP contribution < -0.4 is 4.90 Å². The summed E-state index contributed by atoms with van der Waals surface area (Å²) in [6.07, 6.45) is 0.587. The molecule has 0 aliphatic carbocycles. The van der Waals surface area contributed by atoms with Gasteiger partial charge < -0.3 is 9.64 Å². The van der Waals surface area contributed by atoms with Gasteiger partial charge in [0.25, 0.3) is 0 Å². The minimum absolute atomic E-state index is 0.0657. The summed E-state index contributed by atoms with van der Waals surface area (Å²) in [5, 5.41) is 8.61. The normalized spacial score (nSPS) is 16.0. The molecule has 0 radical (unpaired) electrons. The number of anilines is 1. The molecule has 1 aliphatic heterocycles. The Balaban J connectivity index is 2.17. The van der Waals surface area contributed by atoms with Gasteiger partial charge in [-0.25, -0.2) is 4.79 Å². The molecule has 0 saturated carbocycles. The van der Waals surface area contributed by atoms with Crippen molar-refractivity contribution in [2.45, 2.75) is 25.9 Å². The number of amides is 1. The van der Waals surface area contributed by atoms with Gasteiger partial charge in [-0.15, -0.1) is 0 Å². The molecule has 19 heavy (non-hydrogen) atoms. The van der Waals surface area contributed by atoms with Crippen molar-refractivity contribution in [2.75, 3.05) is 11.4 Å². The highest BCUT2D eigenvalue weighted by Gasteiger charge is 2.22. The second-order valence-corrected chi connectivity index (χ2v) is 4.38. The topological polar surface area (TPSA) is 70.4 Å². The quantitative estimate of drug-likeness (QED) is 0.776. The minimum Gasteiger partial charge on any atom is -0.444 e. The Bertz CT molecular complexity index is 548. The summed E-state index contributed by atoms with van der Waals surface area (Å²) in [6.45, 7) is 2.18. The van der Waals surface area contributed by atoms with Gasteiger partial charge in [-0.1, -0.05) is 6.07 Å². The third-order valence-corrected chi connectivity index (χ3v) is 2.93. The highest BCUT2D eigenvalue weighted by molar-refractivity contribution is 5.97. The summed E-state index contributed by atoms with van der Waals surface area (Å²) in [7, 11) is 0. The Morgan fingerprint density at radius 1 is 1.53 bits per heavy atom. The van der Waals surface area contributed by atoms with Crippen LogP contribution in [0.25, 0.3) is 0 Å². The third-order valence-electron chi connectivity index (χ3n) is 2.93. The van der Waals surface area contributed by atoms with Crippen LogP contribution in [0.15, 0.2) is 24.3 Å². The van der Waals surface area contributed by atoms with Crippen LogP contribution in [0.4, 0.5) is 5.69 Å². The standard InChI is InChI=1S/C14H14N2O3/c1-10(9-15)19-14(18)11-4-2-5-12(8-11)16-7-3-6-13(16)17/h2,4-5,8,10H,3,6-7H2,1H3/t10-/m1/s1. The number of hydrogen-bond acceptors (Lipinski definition) is 4. The maximum atomic E-state index is 11.8. The number of nitriles is 1. The van der Waals surface area contributed by atoms with E-state index in [1.807, 2.05) is 6.07 Å². The average Bonchev–Trinajstić information content (AvgIpc) is 2.85. The van der Waals surface area contributed by atoms with Crippen LogP contribution in [-0.4, -0.2) is 24.5 Å². The van der Waals surface area contributed by atoms with Gasteiger partial charge in [-0.05, 0) is 31.5 Å². The number of ether oxygens (including phenoxy) is 1. The first kappa shape index (κ1) is 13.1. The second kappa shape index (κ2) is 5.53. The van der Waals surface area contributed by atoms with E-state index in [1.54, 1.807) is 29.2 Å². The Morgan fingerprint density at radius 2 is 2.32 bits per heavy atom. The van der Waals surface area contributed by atoms with Gasteiger partial charge in [-0.2, -0.15) is 5.26 Å². The molecule has 0 spiro atoms. The summed E-state index contributed by atoms with van der Waals surface area (Å²) in [5.41, 5.74) is 1.04. The van der Waals surface area contributed by atoms with E-state index in [1.165, 1.54) is 6.92 Å². The van der Waals surface area contributed by atoms with E-state index in [-0.39, 0.29) is 5.91 Å². The number of benzene rings is 1. The summed E-state index contributed by atoms with van der Waals surface area (Å²) in [5.74, 6) is -0.488. The molecular formula is C14H14N2O3. The fourth-order valence-electron chi connectivity index (χ4n) is 1.98. The molecule has 1 amide bonds. The summed E-state index contributed by atoms with van der Waals surface area (Å²) in [6, 6.07) is 8.55. The van der Waals surface area contributed by atoms with E-state index in [2.05, 4.69) is 0 Å². The Hall–Kier alpha value is -2.35. The second-order valence-electron chi connectivity index (χ2n) is 4.38. The monoisotopic (exact) mass is 258 g/mol. The Kier molecular flexibility index (Phi) is 3.81. The van der Waals surface area contributed by atoms with Crippen LogP contribution in [0.2, 0.25) is 0 Å². The lowest BCUT2D eigenvalue weighted by molar-refractivity contribution is -0.117. The van der Waals surface area contributed by atoms with Crippen LogP contribution >= 0.6 is 0 Å². The van der Waals surface area contributed by atoms with Gasteiger partial charge in [0.1, 0.15) is 6.07 Å². The molecule has 1 fully saturated rings. The van der Waals surface area contributed by atoms with E-state index in [0.29, 0.717) is 24.2 Å². The summed E-state index contributed by atoms with van der Waals surface area (Å²) in [4.78, 5) is 25.1. The number of esters is 1. The van der Waals surface area contributed by atoms with Gasteiger partial charge >= 0.3 is 5.97 Å². The molecule has 0 N–H and O–H groups in total. The molecule has 5 heteroatoms. The first-order valence-electron chi connectivity index (χ1n) is 6.13. The first-order valence-corrected chi connectivity index (χ1v) is 6.13. The molecule has 1 heterocycles. The van der Waals surface area contributed by atoms with Crippen molar-refractivity contribution in [3.63, 3.8) is 0 Å². The predicted molar refractivity (Wildman–Crippen MR) is 68.5 cm³/mol. The molecular weight excluding hydrogens is 244 g/mol. The molecule has 1 aliphatic rings. The molecule has 1 atom stereocenters. The molecule has 0 aromatic heterocycles. The molecule has 0 unspecified atom stereocenters. The zero-order valence-corrected chi connectivity index (χ0v) is 10.6. The van der Waals surface area contributed by atoms with E-state index in [4.69, 9.17) is 10.00 Å². The predicted octanol–water partition coefficient (Wildman–Crippen LogP) is 1.88. The smallest absolute Gasteiger partial charge is 0.339 e. The number of carbonyl (C=O) groups is 2. The van der Waals surface area contributed by atoms with Crippen LogP contribution in [-0.2, 0) is 9.53 Å². The van der Waals surface area contributed by atoms with Crippen molar-refractivity contribution in [3.05, 3.63) is 29.8 Å². The van der Waals surface area contributed by atoms with Gasteiger partial charge in [0.05, 0.1) is 5.56 Å². The van der Waals surface area contributed by atoms with E-state index in [9.17, 15) is 9.59 Å². The zero-order valence-electron chi connectivity index (χ0n) is 10.6. The highest BCUT2D eigenvalue weighted by Crippen LogP contribution is 2.22. The van der Waals surface area contributed by atoms with Gasteiger partial charge in [0.15, 0.2) is 6.10 Å². The zero-order chi connectivity index (χ0) is 13.8. The van der Waals surface area contributed by atoms with Crippen molar-refractivity contribution in [2.24, 2.45) is 0 Å². The van der Waals surface area contributed by atoms with Gasteiger partial charge in [0.2, 0.25) is 5.91 Å². The molecule has 2 rings (SSSR count). The fourth-order valence-corrected chi connectivity index (χ4v) is 1.98. The number of rotatable bonds is 3. The lowest BCUT2D eigenvalue weighted by Gasteiger charge is -2.16. The average molecular weight is 258 g/mol. The van der Waals surface area contributed by atoms with Crippen LogP contribution in [0.5, 0.6) is 0 Å². The molecule has 1 aromatic rings. The van der Waals surface area contributed by atoms with Crippen LogP contribution in [0.3, 0.4) is 0 Å². The first-order chi connectivity index (χ1) is 9.11. The van der Waals surface area contributed by atoms with Crippen molar-refractivity contribution in [3.8, 4) is 6.07 Å². The lowest BCUT2D eigenvalue weighted by Crippen LogP contribution is -2.24. The van der Waals surface area contributed by atoms with E-state index >= 15 is 0 Å². The molecule has 98 valence electrons. The molecule has 1 saturated heterocycles. The third kappa shape index (κ3) is 2.91. The number of nitrogens with zero attached hydrogens (tertiary/aromatic N) is 2. The van der Waals surface area contributed by atoms with E-state index in [0.717, 1.165) is 6.42 Å². The number of hydrogen-bond donors (Lipinski definition) is 0. The SMILES string of the molecule is C[C@H](C#N)OC(=O)c1cccc(N2CCCC2=O)c1. The van der Waals surface area contributed by atoms with Crippen molar-refractivity contribution in [1.82, 2.24) is 0 Å². The van der Waals surface area contributed by atoms with Gasteiger partial charge in [0, 0.05) is 18.7 Å². The Morgan fingerprint density at radius 3 is 2.95 bits per heavy atom. The Labute approximate surface area is 111 Å². The highest BCUT2D eigenvalue weighted by atomic mass is 16.5. The van der Waals surface area contributed by atoms with Crippen molar-refractivity contribution in [1.29, 1.82) is 5.26 Å². The van der Waals surface area contributed by atoms with Crippen molar-refractivity contribution >= 4 is 17.6 Å². The maximum Gasteiger partial charge on any atom is 0.339 e. The molecule has 0 bridgehead atoms. The number of carbonyl (C=O) groups excluding carboxylic acids is 2. The molecule has 1 aromatic carbocycles. The maximum absolute atomic E-state index is 11.8. The lowest BCUT2D eigenvalue weighted by atomic mass is 10.2. The largest absolute Gasteiger partial charge is 0.444 e. The molecule has 5 nitrogen and oxygen atoms in total. The minimum atomic E-state index is -0.787. The van der Waals surface area contributed by atoms with Crippen LogP contribution in [0, 0.1) is 11.3 Å². The van der Waals surface area contributed by atoms with Crippen molar-refractivity contribution < 1.29 is 14.3 Å². The van der Waals surface area contributed by atoms with Crippen LogP contribution in [0.1, 0.15) is 30.1 Å². The van der Waals surface area contributed by atoms with Gasteiger partial charge in [-0.3, -0.25) is 4.79 Å². The summed E-state index contributed by atoms with van der Waals surface area (Å²) < 4.78 is 4.93. The summed E-state index contributed by atoms with van der Waals surface area (Å²) >= 11 is 0. The fraction of sp³-hybridized carbons (Fsp3) is 0.357.